The van der Waals surface area contributed by atoms with Crippen molar-refractivity contribution in [3.8, 4) is 34.3 Å². The first kappa shape index (κ1) is 25.5. The van der Waals surface area contributed by atoms with Crippen molar-refractivity contribution in [3.63, 3.8) is 0 Å². The molecule has 10 heteroatoms. The normalized spacial score (nSPS) is 12.1. The smallest absolute Gasteiger partial charge is 0.174 e. The van der Waals surface area contributed by atoms with Gasteiger partial charge in [0.15, 0.2) is 6.23 Å². The molecule has 0 fully saturated rings. The van der Waals surface area contributed by atoms with Gasteiger partial charge in [-0.3, -0.25) is 9.13 Å². The van der Waals surface area contributed by atoms with Crippen molar-refractivity contribution in [2.24, 2.45) is 0 Å². The number of rotatable bonds is 8. The maximum Gasteiger partial charge on any atom is 0.174 e. The molecule has 0 aliphatic heterocycles. The number of ether oxygens (including phenoxy) is 2. The Bertz CT molecular complexity index is 2210. The lowest BCUT2D eigenvalue weighted by Crippen LogP contribution is -2.11. The van der Waals surface area contributed by atoms with Crippen LogP contribution in [0.1, 0.15) is 13.2 Å². The largest absolute Gasteiger partial charge is 0.470 e. The van der Waals surface area contributed by atoms with Crippen LogP contribution in [-0.4, -0.2) is 38.2 Å². The Balaban J connectivity index is 1.09. The summed E-state index contributed by atoms with van der Waals surface area (Å²) in [5.41, 5.74) is 6.48. The van der Waals surface area contributed by atoms with E-state index in [0.717, 1.165) is 56.4 Å². The highest BCUT2D eigenvalue weighted by atomic mass is 16.5. The molecule has 10 nitrogen and oxygen atoms in total. The van der Waals surface area contributed by atoms with Crippen LogP contribution >= 0.6 is 0 Å². The molecule has 8 rings (SSSR count). The minimum Gasteiger partial charge on any atom is -0.470 e. The maximum absolute atomic E-state index is 6.36. The number of hydrogen-bond acceptors (Lipinski definition) is 6. The summed E-state index contributed by atoms with van der Waals surface area (Å²) < 4.78 is 20.6. The van der Waals surface area contributed by atoms with Crippen LogP contribution in [0.25, 0.3) is 39.1 Å². The van der Waals surface area contributed by atoms with Gasteiger partial charge in [0.25, 0.3) is 0 Å². The van der Waals surface area contributed by atoms with Gasteiger partial charge in [0.05, 0.1) is 58.1 Å². The molecule has 0 bridgehead atoms. The highest BCUT2D eigenvalue weighted by molar-refractivity contribution is 5.92. The van der Waals surface area contributed by atoms with Gasteiger partial charge in [0.2, 0.25) is 0 Å². The van der Waals surface area contributed by atoms with Crippen LogP contribution in [0.5, 0.6) is 17.2 Å². The van der Waals surface area contributed by atoms with E-state index in [4.69, 9.17) is 9.47 Å². The minimum absolute atomic E-state index is 0.304. The topological polar surface area (TPSA) is 89.7 Å². The summed E-state index contributed by atoms with van der Waals surface area (Å²) >= 11 is 0. The number of hydrogen-bond donors (Lipinski definition) is 0. The van der Waals surface area contributed by atoms with E-state index in [1.54, 1.807) is 25.0 Å². The van der Waals surface area contributed by atoms with Gasteiger partial charge in [-0.05, 0) is 55.5 Å². The van der Waals surface area contributed by atoms with Crippen LogP contribution < -0.4 is 9.47 Å². The summed E-state index contributed by atoms with van der Waals surface area (Å²) in [7, 11) is 0. The van der Waals surface area contributed by atoms with Crippen LogP contribution in [0.3, 0.4) is 0 Å². The van der Waals surface area contributed by atoms with Gasteiger partial charge in [-0.1, -0.05) is 18.2 Å². The highest BCUT2D eigenvalue weighted by Gasteiger charge is 2.15. The molecule has 214 valence electrons. The summed E-state index contributed by atoms with van der Waals surface area (Å²) in [6, 6.07) is 27.9. The second-order valence-electron chi connectivity index (χ2n) is 10.3. The molecule has 0 saturated carbocycles. The van der Waals surface area contributed by atoms with Crippen molar-refractivity contribution in [3.05, 3.63) is 135 Å². The van der Waals surface area contributed by atoms with Gasteiger partial charge < -0.3 is 18.6 Å². The molecule has 0 aliphatic rings. The molecule has 0 saturated heterocycles. The Kier molecular flexibility index (Phi) is 6.15. The third-order valence-corrected chi connectivity index (χ3v) is 7.51. The van der Waals surface area contributed by atoms with Crippen molar-refractivity contribution in [2.45, 2.75) is 13.2 Å². The number of benzene rings is 4. The molecule has 0 aliphatic carbocycles. The van der Waals surface area contributed by atoms with Crippen molar-refractivity contribution in [1.82, 2.24) is 38.2 Å². The lowest BCUT2D eigenvalue weighted by atomic mass is 10.2. The standard InChI is InChI=1S/C34H26N8O2/c1-24(43-28-8-2-5-25(15-28)39-13-11-35-20-39)41-22-37-31-18-32-34(19-33(31)41)42(23-38-32)27-7-4-10-30(17-27)44-29-9-3-6-26(16-29)40-14-12-36-21-40/h2-24H,1H3. The Morgan fingerprint density at radius 3 is 1.86 bits per heavy atom. The van der Waals surface area contributed by atoms with Gasteiger partial charge in [0.1, 0.15) is 23.6 Å². The Labute approximate surface area is 252 Å². The molecule has 4 aromatic heterocycles. The summed E-state index contributed by atoms with van der Waals surface area (Å²) in [5, 5.41) is 0. The van der Waals surface area contributed by atoms with E-state index < -0.39 is 0 Å². The average molecular weight is 579 g/mol. The Morgan fingerprint density at radius 2 is 1.18 bits per heavy atom. The second kappa shape index (κ2) is 10.6. The van der Waals surface area contributed by atoms with Gasteiger partial charge in [-0.25, -0.2) is 19.9 Å². The molecule has 4 aromatic carbocycles. The zero-order valence-electron chi connectivity index (χ0n) is 23.7. The fraction of sp³-hybridized carbons (Fsp3) is 0.0588. The molecule has 8 aromatic rings. The summed E-state index contributed by atoms with van der Waals surface area (Å²) in [5.74, 6) is 2.21. The SMILES string of the molecule is CC(Oc1cccc(-n2ccnc2)c1)n1cnc2cc3ncn(-c4cccc(Oc5cccc(-n6ccnc6)c5)c4)c3cc21. The predicted octanol–water partition coefficient (Wildman–Crippen LogP) is 7.14. The summed E-state index contributed by atoms with van der Waals surface area (Å²) in [6.07, 6.45) is 14.2. The molecular formula is C34H26N8O2. The average Bonchev–Trinajstić information content (AvgIpc) is 3.88. The number of imidazole rings is 4. The number of nitrogens with zero attached hydrogens (tertiary/aromatic N) is 8. The fourth-order valence-corrected chi connectivity index (χ4v) is 5.36. The second-order valence-corrected chi connectivity index (χ2v) is 10.3. The van der Waals surface area contributed by atoms with E-state index in [-0.39, 0.29) is 6.23 Å². The monoisotopic (exact) mass is 578 g/mol. The third-order valence-electron chi connectivity index (χ3n) is 7.51. The Hall–Kier alpha value is -6.16. The van der Waals surface area contributed by atoms with Crippen molar-refractivity contribution in [2.75, 3.05) is 0 Å². The van der Waals surface area contributed by atoms with Gasteiger partial charge in [-0.15, -0.1) is 0 Å². The van der Waals surface area contributed by atoms with Gasteiger partial charge in [0, 0.05) is 43.0 Å². The van der Waals surface area contributed by atoms with Gasteiger partial charge >= 0.3 is 0 Å². The van der Waals surface area contributed by atoms with Crippen LogP contribution in [0.4, 0.5) is 0 Å². The zero-order chi connectivity index (χ0) is 29.5. The van der Waals surface area contributed by atoms with Crippen LogP contribution in [0, 0.1) is 0 Å². The van der Waals surface area contributed by atoms with Crippen molar-refractivity contribution < 1.29 is 9.47 Å². The van der Waals surface area contributed by atoms with E-state index in [1.807, 2.05) is 125 Å². The lowest BCUT2D eigenvalue weighted by molar-refractivity contribution is 0.157. The molecule has 0 spiro atoms. The van der Waals surface area contributed by atoms with Crippen LogP contribution in [-0.2, 0) is 0 Å². The lowest BCUT2D eigenvalue weighted by Gasteiger charge is -2.18. The van der Waals surface area contributed by atoms with E-state index in [0.29, 0.717) is 0 Å². The summed E-state index contributed by atoms with van der Waals surface area (Å²) in [4.78, 5) is 17.6. The molecule has 44 heavy (non-hydrogen) atoms. The molecule has 0 amide bonds. The first-order valence-electron chi connectivity index (χ1n) is 14.1. The molecule has 0 radical (unpaired) electrons. The van der Waals surface area contributed by atoms with E-state index in [1.165, 1.54) is 0 Å². The molecule has 1 unspecified atom stereocenters. The molecular weight excluding hydrogens is 552 g/mol. The zero-order valence-corrected chi connectivity index (χ0v) is 23.7. The van der Waals surface area contributed by atoms with Crippen molar-refractivity contribution >= 4 is 22.1 Å². The molecule has 4 heterocycles. The fourth-order valence-electron chi connectivity index (χ4n) is 5.36. The minimum atomic E-state index is -0.304. The highest BCUT2D eigenvalue weighted by Crippen LogP contribution is 2.30. The first-order chi connectivity index (χ1) is 21.7. The third kappa shape index (κ3) is 4.74. The van der Waals surface area contributed by atoms with Gasteiger partial charge in [-0.2, -0.15) is 0 Å². The number of aromatic nitrogens is 8. The van der Waals surface area contributed by atoms with Crippen molar-refractivity contribution in [1.29, 1.82) is 0 Å². The predicted molar refractivity (Wildman–Crippen MR) is 167 cm³/mol. The molecule has 1 atom stereocenters. The van der Waals surface area contributed by atoms with E-state index in [2.05, 4.69) is 30.6 Å². The molecule has 0 N–H and O–H groups in total. The van der Waals surface area contributed by atoms with E-state index in [9.17, 15) is 0 Å². The first-order valence-corrected chi connectivity index (χ1v) is 14.1. The van der Waals surface area contributed by atoms with Crippen LogP contribution in [0.2, 0.25) is 0 Å². The Morgan fingerprint density at radius 1 is 0.591 bits per heavy atom. The van der Waals surface area contributed by atoms with Crippen LogP contribution in [0.15, 0.2) is 135 Å². The quantitative estimate of drug-likeness (QED) is 0.190. The summed E-state index contributed by atoms with van der Waals surface area (Å²) in [6.45, 7) is 2.01. The maximum atomic E-state index is 6.36. The number of fused-ring (bicyclic) bond motifs is 2. The van der Waals surface area contributed by atoms with E-state index >= 15 is 0 Å².